The number of amides is 1. The smallest absolute Gasteiger partial charge is 0.250 e. The minimum absolute atomic E-state index is 0.114. The first-order chi connectivity index (χ1) is 12.5. The molecule has 4 heteroatoms. The molecule has 1 aliphatic rings. The van der Waals surface area contributed by atoms with Gasteiger partial charge in [0.05, 0.1) is 11.3 Å². The molecule has 1 unspecified atom stereocenters. The van der Waals surface area contributed by atoms with Crippen LogP contribution >= 0.6 is 0 Å². The number of primary amides is 1. The van der Waals surface area contributed by atoms with Crippen LogP contribution < -0.4 is 5.73 Å². The summed E-state index contributed by atoms with van der Waals surface area (Å²) < 4.78 is 13.7. The lowest BCUT2D eigenvalue weighted by atomic mass is 9.92. The number of rotatable bonds is 3. The maximum Gasteiger partial charge on any atom is 0.250 e. The standard InChI is InChI=1S/C22H17FN2O/c1-13-8-15(10-17(23)9-13)16-11-20(22(24)26)21(25-12-16)19-7-6-14-4-2-3-5-18(14)19/h2-12,19H,1H3,(H2,24,26). The van der Waals surface area contributed by atoms with E-state index in [1.807, 2.05) is 49.4 Å². The number of allylic oxidation sites excluding steroid dienone is 1. The third kappa shape index (κ3) is 2.80. The number of hydrogen-bond donors (Lipinski definition) is 1. The number of aryl methyl sites for hydroxylation is 1. The minimum Gasteiger partial charge on any atom is -0.366 e. The summed E-state index contributed by atoms with van der Waals surface area (Å²) in [5, 5.41) is 0. The fourth-order valence-corrected chi connectivity index (χ4v) is 3.47. The quantitative estimate of drug-likeness (QED) is 0.763. The Balaban J connectivity index is 1.83. The number of carbonyl (C=O) groups is 1. The van der Waals surface area contributed by atoms with Crippen LogP contribution in [0.4, 0.5) is 4.39 Å². The Bertz CT molecular complexity index is 1040. The molecule has 26 heavy (non-hydrogen) atoms. The van der Waals surface area contributed by atoms with Gasteiger partial charge in [-0.3, -0.25) is 9.78 Å². The Morgan fingerprint density at radius 1 is 1.12 bits per heavy atom. The molecule has 4 rings (SSSR count). The first kappa shape index (κ1) is 16.2. The summed E-state index contributed by atoms with van der Waals surface area (Å²) in [6.45, 7) is 1.82. The van der Waals surface area contributed by atoms with Crippen molar-refractivity contribution >= 4 is 12.0 Å². The predicted molar refractivity (Wildman–Crippen MR) is 100 cm³/mol. The van der Waals surface area contributed by atoms with Gasteiger partial charge in [0.15, 0.2) is 0 Å². The molecular formula is C22H17FN2O. The number of aromatic nitrogens is 1. The molecule has 0 fully saturated rings. The molecule has 2 aromatic carbocycles. The summed E-state index contributed by atoms with van der Waals surface area (Å²) in [6, 6.07) is 14.4. The van der Waals surface area contributed by atoms with E-state index < -0.39 is 5.91 Å². The number of fused-ring (bicyclic) bond motifs is 1. The van der Waals surface area contributed by atoms with Crippen molar-refractivity contribution in [1.82, 2.24) is 4.98 Å². The largest absolute Gasteiger partial charge is 0.366 e. The van der Waals surface area contributed by atoms with Gasteiger partial charge in [-0.05, 0) is 47.4 Å². The van der Waals surface area contributed by atoms with Crippen molar-refractivity contribution in [3.05, 3.63) is 94.6 Å². The van der Waals surface area contributed by atoms with Gasteiger partial charge in [-0.15, -0.1) is 0 Å². The van der Waals surface area contributed by atoms with Gasteiger partial charge in [-0.25, -0.2) is 4.39 Å². The molecule has 0 radical (unpaired) electrons. The van der Waals surface area contributed by atoms with Crippen molar-refractivity contribution < 1.29 is 9.18 Å². The molecule has 1 aliphatic carbocycles. The number of nitrogens with zero attached hydrogens (tertiary/aromatic N) is 1. The number of nitrogens with two attached hydrogens (primary N) is 1. The number of hydrogen-bond acceptors (Lipinski definition) is 2. The lowest BCUT2D eigenvalue weighted by molar-refractivity contribution is 0.0999. The molecule has 0 saturated heterocycles. The summed E-state index contributed by atoms with van der Waals surface area (Å²) in [7, 11) is 0. The highest BCUT2D eigenvalue weighted by Gasteiger charge is 2.24. The molecule has 0 spiro atoms. The van der Waals surface area contributed by atoms with Gasteiger partial charge in [-0.1, -0.05) is 42.5 Å². The molecule has 1 amide bonds. The second-order valence-corrected chi connectivity index (χ2v) is 6.50. The van der Waals surface area contributed by atoms with Crippen LogP contribution in [-0.4, -0.2) is 10.9 Å². The van der Waals surface area contributed by atoms with E-state index in [2.05, 4.69) is 4.98 Å². The third-order valence-electron chi connectivity index (χ3n) is 4.65. The second-order valence-electron chi connectivity index (χ2n) is 6.50. The average Bonchev–Trinajstić information content (AvgIpc) is 3.04. The molecule has 1 atom stereocenters. The van der Waals surface area contributed by atoms with Crippen molar-refractivity contribution in [1.29, 1.82) is 0 Å². The van der Waals surface area contributed by atoms with Gasteiger partial charge in [0.25, 0.3) is 5.91 Å². The number of pyridine rings is 1. The maximum atomic E-state index is 13.7. The van der Waals surface area contributed by atoms with E-state index >= 15 is 0 Å². The first-order valence-electron chi connectivity index (χ1n) is 8.37. The fourth-order valence-electron chi connectivity index (χ4n) is 3.47. The van der Waals surface area contributed by atoms with Crippen LogP contribution in [0, 0.1) is 12.7 Å². The number of halogens is 1. The van der Waals surface area contributed by atoms with Crippen LogP contribution in [0.1, 0.15) is 38.7 Å². The van der Waals surface area contributed by atoms with E-state index in [9.17, 15) is 9.18 Å². The van der Waals surface area contributed by atoms with Gasteiger partial charge in [0.1, 0.15) is 5.82 Å². The summed E-state index contributed by atoms with van der Waals surface area (Å²) >= 11 is 0. The zero-order chi connectivity index (χ0) is 18.3. The van der Waals surface area contributed by atoms with Crippen molar-refractivity contribution in [3.8, 4) is 11.1 Å². The van der Waals surface area contributed by atoms with Crippen LogP contribution in [0.3, 0.4) is 0 Å². The molecule has 1 aromatic heterocycles. The zero-order valence-electron chi connectivity index (χ0n) is 14.2. The summed E-state index contributed by atoms with van der Waals surface area (Å²) in [4.78, 5) is 16.6. The van der Waals surface area contributed by atoms with E-state index in [0.29, 0.717) is 22.4 Å². The van der Waals surface area contributed by atoms with Gasteiger partial charge in [0.2, 0.25) is 0 Å². The Labute approximate surface area is 151 Å². The summed E-state index contributed by atoms with van der Waals surface area (Å²) in [6.07, 6.45) is 5.71. The van der Waals surface area contributed by atoms with E-state index in [1.165, 1.54) is 12.1 Å². The van der Waals surface area contributed by atoms with Crippen molar-refractivity contribution in [2.75, 3.05) is 0 Å². The van der Waals surface area contributed by atoms with Crippen LogP contribution in [0.5, 0.6) is 0 Å². The van der Waals surface area contributed by atoms with Gasteiger partial charge in [0, 0.05) is 17.7 Å². The Hall–Kier alpha value is -3.27. The normalized spacial score (nSPS) is 15.1. The highest BCUT2D eigenvalue weighted by Crippen LogP contribution is 2.36. The highest BCUT2D eigenvalue weighted by atomic mass is 19.1. The molecular weight excluding hydrogens is 327 g/mol. The third-order valence-corrected chi connectivity index (χ3v) is 4.65. The van der Waals surface area contributed by atoms with Crippen LogP contribution in [-0.2, 0) is 0 Å². The monoisotopic (exact) mass is 344 g/mol. The van der Waals surface area contributed by atoms with E-state index in [1.54, 1.807) is 12.3 Å². The first-order valence-corrected chi connectivity index (χ1v) is 8.37. The fraction of sp³-hybridized carbons (Fsp3) is 0.0909. The van der Waals surface area contributed by atoms with Crippen LogP contribution in [0.2, 0.25) is 0 Å². The molecule has 128 valence electrons. The van der Waals surface area contributed by atoms with Crippen molar-refractivity contribution in [2.24, 2.45) is 5.73 Å². The van der Waals surface area contributed by atoms with Gasteiger partial charge in [-0.2, -0.15) is 0 Å². The van der Waals surface area contributed by atoms with Crippen LogP contribution in [0.25, 0.3) is 17.2 Å². The maximum absolute atomic E-state index is 13.7. The Morgan fingerprint density at radius 3 is 2.69 bits per heavy atom. The Kier molecular flexibility index (Phi) is 3.88. The second kappa shape index (κ2) is 6.23. The number of benzene rings is 2. The summed E-state index contributed by atoms with van der Waals surface area (Å²) in [5.74, 6) is -0.977. The van der Waals surface area contributed by atoms with Crippen molar-refractivity contribution in [3.63, 3.8) is 0 Å². The van der Waals surface area contributed by atoms with Gasteiger partial charge < -0.3 is 5.73 Å². The highest BCUT2D eigenvalue weighted by molar-refractivity contribution is 5.96. The summed E-state index contributed by atoms with van der Waals surface area (Å²) in [5.41, 5.74) is 11.0. The lowest BCUT2D eigenvalue weighted by Crippen LogP contribution is -2.17. The molecule has 3 aromatic rings. The molecule has 1 heterocycles. The SMILES string of the molecule is Cc1cc(F)cc(-c2cnc(C3C=Cc4ccccc43)c(C(N)=O)c2)c1. The molecule has 0 aliphatic heterocycles. The molecule has 3 nitrogen and oxygen atoms in total. The average molecular weight is 344 g/mol. The van der Waals surface area contributed by atoms with E-state index in [4.69, 9.17) is 5.73 Å². The zero-order valence-corrected chi connectivity index (χ0v) is 14.2. The molecule has 2 N–H and O–H groups in total. The van der Waals surface area contributed by atoms with E-state index in [0.717, 1.165) is 16.7 Å². The lowest BCUT2D eigenvalue weighted by Gasteiger charge is -2.15. The van der Waals surface area contributed by atoms with E-state index in [-0.39, 0.29) is 11.7 Å². The van der Waals surface area contributed by atoms with Crippen molar-refractivity contribution in [2.45, 2.75) is 12.8 Å². The van der Waals surface area contributed by atoms with Crippen LogP contribution in [0.15, 0.2) is 60.8 Å². The molecule has 0 bridgehead atoms. The topological polar surface area (TPSA) is 56.0 Å². The van der Waals surface area contributed by atoms with Gasteiger partial charge >= 0.3 is 0 Å². The predicted octanol–water partition coefficient (Wildman–Crippen LogP) is 4.45. The Morgan fingerprint density at radius 2 is 1.92 bits per heavy atom. The number of carbonyl (C=O) groups excluding carboxylic acids is 1. The molecule has 0 saturated carbocycles. The minimum atomic E-state index is -0.541.